The third-order valence-electron chi connectivity index (χ3n) is 8.04. The highest BCUT2D eigenvalue weighted by Gasteiger charge is 2.39. The molecule has 38 heavy (non-hydrogen) atoms. The number of nitriles is 1. The van der Waals surface area contributed by atoms with Gasteiger partial charge in [-0.1, -0.05) is 43.7 Å². The SMILES string of the molecule is CC(CC(C)(C)N1CCCCC1)C(C#N)C(=O)N1CCC[C@@H]1COC(=O)N[C@@H](Cc1ccccc1)B(O)O. The molecule has 3 rings (SSSR count). The summed E-state index contributed by atoms with van der Waals surface area (Å²) >= 11 is 0. The Labute approximate surface area is 227 Å². The summed E-state index contributed by atoms with van der Waals surface area (Å²) in [7, 11) is -1.75. The van der Waals surface area contributed by atoms with E-state index in [2.05, 4.69) is 30.1 Å². The molecule has 208 valence electrons. The number of nitrogens with zero attached hydrogens (tertiary/aromatic N) is 3. The number of carbonyl (C=O) groups is 2. The number of hydrogen-bond acceptors (Lipinski definition) is 7. The monoisotopic (exact) mass is 526 g/mol. The molecule has 0 aliphatic carbocycles. The largest absolute Gasteiger partial charge is 0.475 e. The van der Waals surface area contributed by atoms with Crippen molar-refractivity contribution in [1.29, 1.82) is 5.26 Å². The fourth-order valence-corrected chi connectivity index (χ4v) is 5.90. The molecule has 2 amide bonds. The van der Waals surface area contributed by atoms with Crippen molar-refractivity contribution in [2.24, 2.45) is 11.8 Å². The Balaban J connectivity index is 1.54. The second kappa shape index (κ2) is 14.0. The van der Waals surface area contributed by atoms with Crippen LogP contribution in [0.5, 0.6) is 0 Å². The van der Waals surface area contributed by atoms with Gasteiger partial charge in [0.15, 0.2) is 0 Å². The maximum atomic E-state index is 13.5. The molecule has 3 N–H and O–H groups in total. The van der Waals surface area contributed by atoms with E-state index in [9.17, 15) is 24.9 Å². The summed E-state index contributed by atoms with van der Waals surface area (Å²) < 4.78 is 5.40. The molecule has 4 atom stereocenters. The minimum absolute atomic E-state index is 0.0110. The van der Waals surface area contributed by atoms with Crippen LogP contribution in [0.1, 0.15) is 64.9 Å². The quantitative estimate of drug-likeness (QED) is 0.379. The van der Waals surface area contributed by atoms with Gasteiger partial charge in [-0.05, 0) is 76.9 Å². The first kappa shape index (κ1) is 29.9. The summed E-state index contributed by atoms with van der Waals surface area (Å²) in [5, 5.41) is 31.9. The number of nitrogens with one attached hydrogen (secondary N) is 1. The Hall–Kier alpha value is -2.61. The second-order valence-corrected chi connectivity index (χ2v) is 11.4. The van der Waals surface area contributed by atoms with Crippen molar-refractivity contribution in [3.05, 3.63) is 35.9 Å². The Morgan fingerprint density at radius 2 is 1.84 bits per heavy atom. The van der Waals surface area contributed by atoms with E-state index in [1.807, 2.05) is 37.3 Å². The molecule has 0 bridgehead atoms. The summed E-state index contributed by atoms with van der Waals surface area (Å²) in [6, 6.07) is 11.2. The van der Waals surface area contributed by atoms with E-state index in [1.54, 1.807) is 4.90 Å². The van der Waals surface area contributed by atoms with E-state index in [4.69, 9.17) is 4.74 Å². The number of carbonyl (C=O) groups excluding carboxylic acids is 2. The zero-order chi connectivity index (χ0) is 27.7. The number of ether oxygens (including phenoxy) is 1. The van der Waals surface area contributed by atoms with Gasteiger partial charge < -0.3 is 25.0 Å². The van der Waals surface area contributed by atoms with Crippen molar-refractivity contribution in [3.8, 4) is 6.07 Å². The number of amides is 2. The van der Waals surface area contributed by atoms with E-state index in [1.165, 1.54) is 19.3 Å². The molecule has 2 saturated heterocycles. The third-order valence-corrected chi connectivity index (χ3v) is 8.04. The topological polar surface area (TPSA) is 126 Å². The van der Waals surface area contributed by atoms with Crippen LogP contribution < -0.4 is 5.32 Å². The average molecular weight is 526 g/mol. The number of rotatable bonds is 11. The van der Waals surface area contributed by atoms with E-state index in [-0.39, 0.29) is 36.4 Å². The van der Waals surface area contributed by atoms with Gasteiger partial charge in [0.25, 0.3) is 0 Å². The van der Waals surface area contributed by atoms with Crippen LogP contribution in [0.15, 0.2) is 30.3 Å². The van der Waals surface area contributed by atoms with Gasteiger partial charge in [0, 0.05) is 12.1 Å². The van der Waals surface area contributed by atoms with Crippen LogP contribution in [-0.2, 0) is 16.0 Å². The first-order valence-corrected chi connectivity index (χ1v) is 13.9. The van der Waals surface area contributed by atoms with Gasteiger partial charge in [-0.15, -0.1) is 0 Å². The van der Waals surface area contributed by atoms with Gasteiger partial charge in [-0.3, -0.25) is 9.69 Å². The Morgan fingerprint density at radius 1 is 1.16 bits per heavy atom. The zero-order valence-electron chi connectivity index (χ0n) is 23.0. The van der Waals surface area contributed by atoms with E-state index in [0.29, 0.717) is 13.0 Å². The van der Waals surface area contributed by atoms with Gasteiger partial charge in [0.05, 0.1) is 18.1 Å². The highest BCUT2D eigenvalue weighted by molar-refractivity contribution is 6.43. The molecule has 9 nitrogen and oxygen atoms in total. The molecule has 10 heteroatoms. The molecule has 1 aromatic rings. The first-order chi connectivity index (χ1) is 18.1. The lowest BCUT2D eigenvalue weighted by molar-refractivity contribution is -0.137. The molecule has 0 spiro atoms. The predicted molar refractivity (Wildman–Crippen MR) is 146 cm³/mol. The second-order valence-electron chi connectivity index (χ2n) is 11.4. The van der Waals surface area contributed by atoms with Crippen molar-refractivity contribution < 1.29 is 24.4 Å². The number of benzene rings is 1. The van der Waals surface area contributed by atoms with E-state index in [0.717, 1.165) is 31.5 Å². The summed E-state index contributed by atoms with van der Waals surface area (Å²) in [6.45, 7) is 9.01. The summed E-state index contributed by atoms with van der Waals surface area (Å²) in [6.07, 6.45) is 5.30. The standard InChI is InChI=1S/C28H43BN4O5/c1-21(18-28(2,3)32-14-8-5-9-15-32)24(19-30)26(34)33-16-10-13-23(33)20-38-27(35)31-25(29(36)37)17-22-11-6-4-7-12-22/h4,6-7,11-12,21,23-25,36-37H,5,8-10,13-18,20H2,1-3H3,(H,31,35)/t21?,23-,24?,25+/m1/s1. The molecule has 1 aromatic carbocycles. The molecule has 2 unspecified atom stereocenters. The summed E-state index contributed by atoms with van der Waals surface area (Å²) in [5.41, 5.74) is 0.757. The van der Waals surface area contributed by atoms with Crippen LogP contribution in [0.2, 0.25) is 0 Å². The zero-order valence-corrected chi connectivity index (χ0v) is 23.0. The molecule has 2 aliphatic rings. The number of piperidine rings is 1. The molecule has 0 saturated carbocycles. The lowest BCUT2D eigenvalue weighted by Crippen LogP contribution is -2.50. The number of likely N-dealkylation sites (tertiary alicyclic amines) is 2. The lowest BCUT2D eigenvalue weighted by atomic mass is 9.76. The van der Waals surface area contributed by atoms with Gasteiger partial charge in [0.1, 0.15) is 12.5 Å². The van der Waals surface area contributed by atoms with Gasteiger partial charge in [-0.25, -0.2) is 4.79 Å². The summed E-state index contributed by atoms with van der Waals surface area (Å²) in [4.78, 5) is 30.1. The average Bonchev–Trinajstić information content (AvgIpc) is 3.37. The third kappa shape index (κ3) is 8.19. The molecule has 2 heterocycles. The lowest BCUT2D eigenvalue weighted by Gasteiger charge is -2.43. The summed E-state index contributed by atoms with van der Waals surface area (Å²) in [5.74, 6) is -2.00. The van der Waals surface area contributed by atoms with E-state index < -0.39 is 25.1 Å². The first-order valence-electron chi connectivity index (χ1n) is 13.9. The fourth-order valence-electron chi connectivity index (χ4n) is 5.90. The van der Waals surface area contributed by atoms with Gasteiger partial charge in [0.2, 0.25) is 5.91 Å². The smallest absolute Gasteiger partial charge is 0.447 e. The van der Waals surface area contributed by atoms with E-state index >= 15 is 0 Å². The molecule has 2 fully saturated rings. The number of hydrogen-bond donors (Lipinski definition) is 3. The maximum absolute atomic E-state index is 13.5. The molecular weight excluding hydrogens is 483 g/mol. The van der Waals surface area contributed by atoms with Crippen molar-refractivity contribution >= 4 is 19.1 Å². The van der Waals surface area contributed by atoms with Crippen molar-refractivity contribution in [3.63, 3.8) is 0 Å². The van der Waals surface area contributed by atoms with Crippen LogP contribution in [0.3, 0.4) is 0 Å². The van der Waals surface area contributed by atoms with Gasteiger partial charge in [-0.2, -0.15) is 5.26 Å². The normalized spacial score (nSPS) is 20.7. The molecule has 0 aromatic heterocycles. The Morgan fingerprint density at radius 3 is 2.47 bits per heavy atom. The van der Waals surface area contributed by atoms with Crippen molar-refractivity contribution in [2.75, 3.05) is 26.2 Å². The minimum Gasteiger partial charge on any atom is -0.447 e. The fraction of sp³-hybridized carbons (Fsp3) is 0.679. The minimum atomic E-state index is -1.75. The highest BCUT2D eigenvalue weighted by Crippen LogP contribution is 2.32. The van der Waals surface area contributed by atoms with Crippen LogP contribution in [-0.4, -0.2) is 82.7 Å². The Kier molecular flexibility index (Phi) is 11.0. The molecular formula is C28H43BN4O5. The predicted octanol–water partition coefficient (Wildman–Crippen LogP) is 2.76. The highest BCUT2D eigenvalue weighted by atomic mass is 16.5. The number of alkyl carbamates (subject to hydrolysis) is 1. The van der Waals surface area contributed by atoms with Crippen molar-refractivity contribution in [1.82, 2.24) is 15.1 Å². The molecule has 2 aliphatic heterocycles. The Bertz CT molecular complexity index is 948. The van der Waals surface area contributed by atoms with Crippen LogP contribution in [0.25, 0.3) is 0 Å². The van der Waals surface area contributed by atoms with Gasteiger partial charge >= 0.3 is 13.2 Å². The van der Waals surface area contributed by atoms with Crippen LogP contribution in [0, 0.1) is 23.2 Å². The van der Waals surface area contributed by atoms with Crippen LogP contribution >= 0.6 is 0 Å². The van der Waals surface area contributed by atoms with Crippen LogP contribution in [0.4, 0.5) is 4.79 Å². The maximum Gasteiger partial charge on any atom is 0.475 e. The molecule has 0 radical (unpaired) electrons. The van der Waals surface area contributed by atoms with Crippen molar-refractivity contribution in [2.45, 2.75) is 83.2 Å².